The number of likely N-dealkylation sites (N-methyl/N-ethyl adjacent to an activating group) is 1. The lowest BCUT2D eigenvalue weighted by molar-refractivity contribution is -0.117. The van der Waals surface area contributed by atoms with Crippen LogP contribution in [0.4, 0.5) is 11.4 Å². The van der Waals surface area contributed by atoms with Crippen LogP contribution in [-0.2, 0) is 4.79 Å². The minimum Gasteiger partial charge on any atom is -0.494 e. The summed E-state index contributed by atoms with van der Waals surface area (Å²) in [6, 6.07) is 4.66. The Hall–Kier alpha value is -1.99. The fraction of sp³-hybridized carbons (Fsp3) is 0.500. The van der Waals surface area contributed by atoms with E-state index in [0.717, 1.165) is 26.2 Å². The van der Waals surface area contributed by atoms with Crippen molar-refractivity contribution < 1.29 is 9.53 Å². The summed E-state index contributed by atoms with van der Waals surface area (Å²) in [6.07, 6.45) is 0. The molecule has 0 spiro atoms. The van der Waals surface area contributed by atoms with Crippen molar-refractivity contribution >= 4 is 17.3 Å². The van der Waals surface area contributed by atoms with Gasteiger partial charge in [0.15, 0.2) is 0 Å². The summed E-state index contributed by atoms with van der Waals surface area (Å²) in [7, 11) is 3.56. The standard InChI is InChI=1S/C14H20N4O3/c1-17-5-7-18(8-6-17)10-14(19)15-12-4-3-11(16-20)9-13(12)21-2/h3-4,9H,5-8,10H2,1-2H3,(H,15,19). The molecular weight excluding hydrogens is 272 g/mol. The number of nitroso groups, excluding NO2 is 1. The number of anilines is 1. The molecule has 1 N–H and O–H groups in total. The predicted octanol–water partition coefficient (Wildman–Crippen LogP) is 1.28. The lowest BCUT2D eigenvalue weighted by Gasteiger charge is -2.31. The maximum absolute atomic E-state index is 12.1. The highest BCUT2D eigenvalue weighted by Gasteiger charge is 2.17. The second kappa shape index (κ2) is 7.14. The molecule has 7 heteroatoms. The van der Waals surface area contributed by atoms with Crippen molar-refractivity contribution in [2.75, 3.05) is 52.2 Å². The number of carbonyl (C=O) groups excluding carboxylic acids is 1. The molecule has 2 rings (SSSR count). The van der Waals surface area contributed by atoms with Gasteiger partial charge >= 0.3 is 0 Å². The number of nitrogens with one attached hydrogen (secondary N) is 1. The van der Waals surface area contributed by atoms with Crippen LogP contribution in [0.2, 0.25) is 0 Å². The maximum atomic E-state index is 12.1. The van der Waals surface area contributed by atoms with E-state index in [1.165, 1.54) is 13.2 Å². The van der Waals surface area contributed by atoms with Crippen LogP contribution in [0.25, 0.3) is 0 Å². The van der Waals surface area contributed by atoms with E-state index in [1.54, 1.807) is 12.1 Å². The Labute approximate surface area is 123 Å². The molecular formula is C14H20N4O3. The summed E-state index contributed by atoms with van der Waals surface area (Å²) < 4.78 is 5.16. The molecule has 1 aromatic rings. The Bertz CT molecular complexity index is 513. The summed E-state index contributed by atoms with van der Waals surface area (Å²) in [5.74, 6) is 0.337. The lowest BCUT2D eigenvalue weighted by atomic mass is 10.2. The van der Waals surface area contributed by atoms with Gasteiger partial charge in [0.25, 0.3) is 0 Å². The van der Waals surface area contributed by atoms with Crippen molar-refractivity contribution in [2.24, 2.45) is 5.18 Å². The van der Waals surface area contributed by atoms with E-state index in [1.807, 2.05) is 0 Å². The van der Waals surface area contributed by atoms with Crippen LogP contribution in [0, 0.1) is 4.91 Å². The van der Waals surface area contributed by atoms with Crippen molar-refractivity contribution in [3.63, 3.8) is 0 Å². The number of rotatable bonds is 5. The number of benzene rings is 1. The van der Waals surface area contributed by atoms with Gasteiger partial charge in [0.1, 0.15) is 11.4 Å². The summed E-state index contributed by atoms with van der Waals surface area (Å²) in [5, 5.41) is 5.65. The average molecular weight is 292 g/mol. The number of amides is 1. The molecule has 1 aromatic carbocycles. The summed E-state index contributed by atoms with van der Waals surface area (Å²) in [4.78, 5) is 26.9. The first-order valence-electron chi connectivity index (χ1n) is 6.84. The first kappa shape index (κ1) is 15.4. The van der Waals surface area contributed by atoms with Crippen LogP contribution in [-0.4, -0.2) is 62.6 Å². The van der Waals surface area contributed by atoms with Crippen molar-refractivity contribution in [3.05, 3.63) is 23.1 Å². The highest BCUT2D eigenvalue weighted by atomic mass is 16.5. The van der Waals surface area contributed by atoms with Crippen molar-refractivity contribution in [3.8, 4) is 5.75 Å². The smallest absolute Gasteiger partial charge is 0.238 e. The summed E-state index contributed by atoms with van der Waals surface area (Å²) in [5.41, 5.74) is 0.813. The van der Waals surface area contributed by atoms with E-state index >= 15 is 0 Å². The molecule has 1 heterocycles. The van der Waals surface area contributed by atoms with E-state index in [4.69, 9.17) is 4.74 Å². The van der Waals surface area contributed by atoms with Gasteiger partial charge in [-0.1, -0.05) is 0 Å². The average Bonchev–Trinajstić information content (AvgIpc) is 2.50. The van der Waals surface area contributed by atoms with Crippen molar-refractivity contribution in [2.45, 2.75) is 0 Å². The number of ether oxygens (including phenoxy) is 1. The van der Waals surface area contributed by atoms with Crippen LogP contribution >= 0.6 is 0 Å². The maximum Gasteiger partial charge on any atom is 0.238 e. The molecule has 0 radical (unpaired) electrons. The predicted molar refractivity (Wildman–Crippen MR) is 81.0 cm³/mol. The van der Waals surface area contributed by atoms with Crippen LogP contribution in [0.3, 0.4) is 0 Å². The number of hydrogen-bond donors (Lipinski definition) is 1. The SMILES string of the molecule is COc1cc(N=O)ccc1NC(=O)CN1CCN(C)CC1. The molecule has 1 saturated heterocycles. The van der Waals surface area contributed by atoms with Crippen molar-refractivity contribution in [1.82, 2.24) is 9.80 Å². The minimum absolute atomic E-state index is 0.0929. The first-order valence-corrected chi connectivity index (χ1v) is 6.84. The van der Waals surface area contributed by atoms with Gasteiger partial charge in [-0.05, 0) is 24.4 Å². The third-order valence-corrected chi connectivity index (χ3v) is 3.53. The fourth-order valence-electron chi connectivity index (χ4n) is 2.24. The summed E-state index contributed by atoms with van der Waals surface area (Å²) >= 11 is 0. The molecule has 1 aliphatic rings. The second-order valence-corrected chi connectivity index (χ2v) is 5.10. The second-order valence-electron chi connectivity index (χ2n) is 5.10. The molecule has 0 aromatic heterocycles. The Balaban J connectivity index is 1.94. The molecule has 0 atom stereocenters. The van der Waals surface area contributed by atoms with E-state index < -0.39 is 0 Å². The quantitative estimate of drug-likeness (QED) is 0.828. The molecule has 114 valence electrons. The van der Waals surface area contributed by atoms with Gasteiger partial charge in [-0.3, -0.25) is 9.69 Å². The Kier molecular flexibility index (Phi) is 5.24. The van der Waals surface area contributed by atoms with Gasteiger partial charge in [0.2, 0.25) is 5.91 Å². The van der Waals surface area contributed by atoms with Gasteiger partial charge in [0.05, 0.1) is 19.3 Å². The monoisotopic (exact) mass is 292 g/mol. The zero-order chi connectivity index (χ0) is 15.2. The molecule has 1 amide bonds. The first-order chi connectivity index (χ1) is 10.1. The minimum atomic E-state index is -0.0929. The molecule has 1 fully saturated rings. The number of piperazine rings is 1. The van der Waals surface area contributed by atoms with Crippen LogP contribution in [0.1, 0.15) is 0 Å². The zero-order valence-corrected chi connectivity index (χ0v) is 12.3. The number of methoxy groups -OCH3 is 1. The van der Waals surface area contributed by atoms with Crippen LogP contribution in [0.5, 0.6) is 5.75 Å². The molecule has 21 heavy (non-hydrogen) atoms. The van der Waals surface area contributed by atoms with Crippen molar-refractivity contribution in [1.29, 1.82) is 0 Å². The highest BCUT2D eigenvalue weighted by Crippen LogP contribution is 2.29. The highest BCUT2D eigenvalue weighted by molar-refractivity contribution is 5.94. The van der Waals surface area contributed by atoms with Crippen LogP contribution < -0.4 is 10.1 Å². The number of carbonyl (C=O) groups is 1. The molecule has 0 unspecified atom stereocenters. The molecule has 0 saturated carbocycles. The van der Waals surface area contributed by atoms with E-state index in [9.17, 15) is 9.70 Å². The van der Waals surface area contributed by atoms with Gasteiger partial charge in [-0.15, -0.1) is 4.91 Å². The van der Waals surface area contributed by atoms with Gasteiger partial charge in [-0.25, -0.2) is 0 Å². The number of hydrogen-bond acceptors (Lipinski definition) is 6. The van der Waals surface area contributed by atoms with Gasteiger partial charge in [-0.2, -0.15) is 0 Å². The lowest BCUT2D eigenvalue weighted by Crippen LogP contribution is -2.47. The van der Waals surface area contributed by atoms with E-state index in [2.05, 4.69) is 27.3 Å². The summed E-state index contributed by atoms with van der Waals surface area (Å²) in [6.45, 7) is 4.06. The molecule has 1 aliphatic heterocycles. The largest absolute Gasteiger partial charge is 0.494 e. The molecule has 0 aliphatic carbocycles. The van der Waals surface area contributed by atoms with Crippen LogP contribution in [0.15, 0.2) is 23.4 Å². The molecule has 7 nitrogen and oxygen atoms in total. The normalized spacial score (nSPS) is 16.5. The van der Waals surface area contributed by atoms with E-state index in [-0.39, 0.29) is 11.6 Å². The topological polar surface area (TPSA) is 74.2 Å². The third kappa shape index (κ3) is 4.24. The fourth-order valence-corrected chi connectivity index (χ4v) is 2.24. The zero-order valence-electron chi connectivity index (χ0n) is 12.3. The molecule has 0 bridgehead atoms. The Morgan fingerprint density at radius 3 is 2.67 bits per heavy atom. The van der Waals surface area contributed by atoms with Gasteiger partial charge < -0.3 is 15.0 Å². The van der Waals surface area contributed by atoms with E-state index in [0.29, 0.717) is 18.0 Å². The Morgan fingerprint density at radius 2 is 2.05 bits per heavy atom. The third-order valence-electron chi connectivity index (χ3n) is 3.53. The van der Waals surface area contributed by atoms with Gasteiger partial charge in [0, 0.05) is 32.2 Å². The Morgan fingerprint density at radius 1 is 1.33 bits per heavy atom. The number of nitrogens with zero attached hydrogens (tertiary/aromatic N) is 3.